The van der Waals surface area contributed by atoms with Crippen molar-refractivity contribution in [1.82, 2.24) is 10.2 Å². The molecule has 0 aliphatic carbocycles. The summed E-state index contributed by atoms with van der Waals surface area (Å²) in [6.45, 7) is 4.10. The maximum Gasteiger partial charge on any atom is 0.151 e. The lowest BCUT2D eigenvalue weighted by molar-refractivity contribution is 0.154. The lowest BCUT2D eigenvalue weighted by atomic mass is 10.1. The van der Waals surface area contributed by atoms with Gasteiger partial charge in [-0.2, -0.15) is 0 Å². The van der Waals surface area contributed by atoms with Crippen LogP contribution in [0.15, 0.2) is 36.4 Å². The van der Waals surface area contributed by atoms with Gasteiger partial charge in [-0.25, -0.2) is 4.39 Å². The van der Waals surface area contributed by atoms with Gasteiger partial charge < -0.3 is 9.64 Å². The molecule has 0 amide bonds. The van der Waals surface area contributed by atoms with Crippen molar-refractivity contribution in [3.8, 4) is 11.3 Å². The van der Waals surface area contributed by atoms with E-state index in [0.717, 1.165) is 23.6 Å². The van der Waals surface area contributed by atoms with E-state index in [1.165, 1.54) is 12.1 Å². The molecule has 0 saturated heterocycles. The van der Waals surface area contributed by atoms with Crippen molar-refractivity contribution >= 4 is 5.82 Å². The molecule has 1 aromatic carbocycles. The predicted molar refractivity (Wildman–Crippen MR) is 77.2 cm³/mol. The second-order valence-corrected chi connectivity index (χ2v) is 4.40. The van der Waals surface area contributed by atoms with Crippen molar-refractivity contribution in [3.05, 3.63) is 42.2 Å². The van der Waals surface area contributed by atoms with Crippen LogP contribution in [-0.2, 0) is 4.74 Å². The first-order chi connectivity index (χ1) is 9.70. The van der Waals surface area contributed by atoms with E-state index in [9.17, 15) is 4.39 Å². The van der Waals surface area contributed by atoms with Gasteiger partial charge in [0.1, 0.15) is 5.82 Å². The molecule has 0 aliphatic rings. The number of rotatable bonds is 6. The molecule has 0 radical (unpaired) electrons. The summed E-state index contributed by atoms with van der Waals surface area (Å²) in [5, 5.41) is 8.36. The highest BCUT2D eigenvalue weighted by Crippen LogP contribution is 2.18. The van der Waals surface area contributed by atoms with Crippen LogP contribution in [0.4, 0.5) is 10.2 Å². The fourth-order valence-electron chi connectivity index (χ4n) is 1.76. The summed E-state index contributed by atoms with van der Waals surface area (Å²) in [7, 11) is 1.95. The Morgan fingerprint density at radius 3 is 2.45 bits per heavy atom. The van der Waals surface area contributed by atoms with Crippen molar-refractivity contribution in [3.63, 3.8) is 0 Å². The molecule has 0 fully saturated rings. The van der Waals surface area contributed by atoms with E-state index < -0.39 is 0 Å². The summed E-state index contributed by atoms with van der Waals surface area (Å²) in [5.74, 6) is 0.532. The number of hydrogen-bond acceptors (Lipinski definition) is 4. The van der Waals surface area contributed by atoms with Crippen molar-refractivity contribution in [2.24, 2.45) is 0 Å². The van der Waals surface area contributed by atoms with E-state index in [0.29, 0.717) is 13.2 Å². The fourth-order valence-corrected chi connectivity index (χ4v) is 1.76. The van der Waals surface area contributed by atoms with Gasteiger partial charge in [0.25, 0.3) is 0 Å². The van der Waals surface area contributed by atoms with E-state index in [1.54, 1.807) is 12.1 Å². The topological polar surface area (TPSA) is 38.2 Å². The van der Waals surface area contributed by atoms with Gasteiger partial charge in [-0.3, -0.25) is 0 Å². The van der Waals surface area contributed by atoms with E-state index >= 15 is 0 Å². The molecule has 0 aliphatic heterocycles. The Balaban J connectivity index is 2.04. The second-order valence-electron chi connectivity index (χ2n) is 4.40. The third kappa shape index (κ3) is 3.74. The van der Waals surface area contributed by atoms with Crippen molar-refractivity contribution in [1.29, 1.82) is 0 Å². The van der Waals surface area contributed by atoms with Crippen LogP contribution in [0.1, 0.15) is 6.92 Å². The minimum absolute atomic E-state index is 0.256. The summed E-state index contributed by atoms with van der Waals surface area (Å²) in [6, 6.07) is 10.00. The molecule has 1 aromatic heterocycles. The van der Waals surface area contributed by atoms with Crippen molar-refractivity contribution < 1.29 is 9.13 Å². The molecule has 4 nitrogen and oxygen atoms in total. The van der Waals surface area contributed by atoms with Crippen LogP contribution in [0.25, 0.3) is 11.3 Å². The largest absolute Gasteiger partial charge is 0.380 e. The average molecular weight is 275 g/mol. The Morgan fingerprint density at radius 2 is 1.85 bits per heavy atom. The van der Waals surface area contributed by atoms with E-state index in [-0.39, 0.29) is 5.82 Å². The number of ether oxygens (including phenoxy) is 1. The number of likely N-dealkylation sites (N-methyl/N-ethyl adjacent to an activating group) is 1. The molecule has 0 bridgehead atoms. The van der Waals surface area contributed by atoms with Crippen LogP contribution < -0.4 is 4.90 Å². The number of nitrogens with zero attached hydrogens (tertiary/aromatic N) is 3. The summed E-state index contributed by atoms with van der Waals surface area (Å²) < 4.78 is 18.2. The summed E-state index contributed by atoms with van der Waals surface area (Å²) in [5.41, 5.74) is 1.58. The zero-order valence-electron chi connectivity index (χ0n) is 11.7. The molecule has 0 spiro atoms. The first-order valence-electron chi connectivity index (χ1n) is 6.59. The predicted octanol–water partition coefficient (Wildman–Crippen LogP) is 2.76. The Morgan fingerprint density at radius 1 is 1.10 bits per heavy atom. The van der Waals surface area contributed by atoms with Gasteiger partial charge in [0.2, 0.25) is 0 Å². The maximum absolute atomic E-state index is 12.9. The van der Waals surface area contributed by atoms with E-state index in [4.69, 9.17) is 4.74 Å². The van der Waals surface area contributed by atoms with Gasteiger partial charge in [0.05, 0.1) is 12.3 Å². The Bertz CT molecular complexity index is 528. The molecule has 5 heteroatoms. The molecule has 0 saturated carbocycles. The van der Waals surface area contributed by atoms with E-state index in [2.05, 4.69) is 10.2 Å². The number of aromatic nitrogens is 2. The second kappa shape index (κ2) is 6.96. The monoisotopic (exact) mass is 275 g/mol. The number of halogens is 1. The molecule has 1 heterocycles. The van der Waals surface area contributed by atoms with Crippen molar-refractivity contribution in [2.45, 2.75) is 6.92 Å². The van der Waals surface area contributed by atoms with Crippen LogP contribution >= 0.6 is 0 Å². The standard InChI is InChI=1S/C15H18FN3O/c1-3-20-11-10-19(2)15-9-8-14(17-18-15)12-4-6-13(16)7-5-12/h4-9H,3,10-11H2,1-2H3. The highest BCUT2D eigenvalue weighted by molar-refractivity contribution is 5.59. The van der Waals surface area contributed by atoms with Gasteiger partial charge in [-0.15, -0.1) is 10.2 Å². The Hall–Kier alpha value is -2.01. The van der Waals surface area contributed by atoms with Crippen LogP contribution in [0.3, 0.4) is 0 Å². The molecule has 2 rings (SSSR count). The SMILES string of the molecule is CCOCCN(C)c1ccc(-c2ccc(F)cc2)nn1. The van der Waals surface area contributed by atoms with Crippen LogP contribution in [0.2, 0.25) is 0 Å². The molecular weight excluding hydrogens is 257 g/mol. The smallest absolute Gasteiger partial charge is 0.151 e. The Labute approximate surface area is 118 Å². The molecule has 20 heavy (non-hydrogen) atoms. The number of benzene rings is 1. The third-order valence-electron chi connectivity index (χ3n) is 2.96. The van der Waals surface area contributed by atoms with Gasteiger partial charge in [-0.1, -0.05) is 0 Å². The number of anilines is 1. The molecule has 2 aromatic rings. The maximum atomic E-state index is 12.9. The van der Waals surface area contributed by atoms with Gasteiger partial charge in [0, 0.05) is 25.8 Å². The summed E-state index contributed by atoms with van der Waals surface area (Å²) >= 11 is 0. The number of hydrogen-bond donors (Lipinski definition) is 0. The Kier molecular flexibility index (Phi) is 5.01. The first-order valence-corrected chi connectivity index (χ1v) is 6.59. The lowest BCUT2D eigenvalue weighted by Crippen LogP contribution is -2.23. The summed E-state index contributed by atoms with van der Waals surface area (Å²) in [6.07, 6.45) is 0. The van der Waals surface area contributed by atoms with Crippen LogP contribution in [-0.4, -0.2) is 37.0 Å². The molecule has 0 N–H and O–H groups in total. The third-order valence-corrected chi connectivity index (χ3v) is 2.96. The molecular formula is C15H18FN3O. The van der Waals surface area contributed by atoms with Gasteiger partial charge >= 0.3 is 0 Å². The van der Waals surface area contributed by atoms with E-state index in [1.807, 2.05) is 31.0 Å². The highest BCUT2D eigenvalue weighted by Gasteiger charge is 2.05. The molecule has 0 unspecified atom stereocenters. The highest BCUT2D eigenvalue weighted by atomic mass is 19.1. The molecule has 0 atom stereocenters. The fraction of sp³-hybridized carbons (Fsp3) is 0.333. The van der Waals surface area contributed by atoms with Gasteiger partial charge in [0.15, 0.2) is 5.82 Å². The average Bonchev–Trinajstić information content (AvgIpc) is 2.48. The molecule has 106 valence electrons. The zero-order valence-corrected chi connectivity index (χ0v) is 11.7. The summed E-state index contributed by atoms with van der Waals surface area (Å²) in [4.78, 5) is 1.98. The quantitative estimate of drug-likeness (QED) is 0.760. The van der Waals surface area contributed by atoms with Gasteiger partial charge in [-0.05, 0) is 43.3 Å². The van der Waals surface area contributed by atoms with Crippen molar-refractivity contribution in [2.75, 3.05) is 31.7 Å². The van der Waals surface area contributed by atoms with Crippen LogP contribution in [0, 0.1) is 5.82 Å². The lowest BCUT2D eigenvalue weighted by Gasteiger charge is -2.17. The first kappa shape index (κ1) is 14.4. The minimum atomic E-state index is -0.256. The minimum Gasteiger partial charge on any atom is -0.380 e. The normalized spacial score (nSPS) is 10.6. The van der Waals surface area contributed by atoms with Crippen LogP contribution in [0.5, 0.6) is 0 Å². The zero-order chi connectivity index (χ0) is 14.4.